The second-order valence-electron chi connectivity index (χ2n) is 26.6. The van der Waals surface area contributed by atoms with Crippen molar-refractivity contribution in [1.82, 2.24) is 58.0 Å². The molecule has 2 atom stereocenters. The van der Waals surface area contributed by atoms with Gasteiger partial charge >= 0.3 is 18.1 Å². The minimum Gasteiger partial charge on any atom is -0.542 e. The first kappa shape index (κ1) is 99.2. The predicted molar refractivity (Wildman–Crippen MR) is 454 cm³/mol. The van der Waals surface area contributed by atoms with Gasteiger partial charge in [0.2, 0.25) is 20.0 Å². The van der Waals surface area contributed by atoms with Crippen LogP contribution in [0.2, 0.25) is 0 Å². The number of fused-ring (bicyclic) bond motifs is 5. The Labute approximate surface area is 722 Å². The third-order valence-corrected chi connectivity index (χ3v) is 19.8. The first-order valence-electron chi connectivity index (χ1n) is 37.3. The van der Waals surface area contributed by atoms with Crippen LogP contribution in [-0.2, 0) is 29.6 Å². The molecule has 10 heterocycles. The average molecular weight is 1790 g/mol. The van der Waals surface area contributed by atoms with E-state index in [1.54, 1.807) is 98.0 Å². The Hall–Kier alpha value is -14.9. The van der Waals surface area contributed by atoms with E-state index in [4.69, 9.17) is 62.6 Å². The fourth-order valence-electron chi connectivity index (χ4n) is 10.9. The lowest BCUT2D eigenvalue weighted by atomic mass is 10.1. The number of hydrogen-bond donors (Lipinski definition) is 11. The van der Waals surface area contributed by atoms with Crippen LogP contribution in [0.4, 0.5) is 27.6 Å². The number of rotatable bonds is 29. The topological polar surface area (TPSA) is 545 Å². The van der Waals surface area contributed by atoms with Gasteiger partial charge in [0.05, 0.1) is 66.0 Å². The molecule has 0 bridgehead atoms. The van der Waals surface area contributed by atoms with Gasteiger partial charge in [0, 0.05) is 88.2 Å². The van der Waals surface area contributed by atoms with E-state index < -0.39 is 109 Å². The molecular formula is C81H79B3F3N13O25S2. The number of aromatic nitrogens is 5. The summed E-state index contributed by atoms with van der Waals surface area (Å²) in [6, 6.07) is 44.1. The molecule has 0 aliphatic heterocycles. The maximum Gasteiger partial charge on any atom is 0.430 e. The molecule has 0 fully saturated rings. The molecule has 0 aliphatic carbocycles. The SMILES string of the molecule is Cc1cc(=O)n2cc(O)ccc2c1.O=C([O-])C(F)(F)F.[B]C(=O)NCCOc1ccc2cc(C(=O)NC[C@@H](C)NS(=O)(=O)c3ccccc3)cc(=O)n2c1.[B]C(=O)NCCOc1ccc2cc(C(=O)O)cc(=O)n2c1.[B]C(=O)NCCOc1ccc2cc(C)cc(=O)n2c1.[NH3+]CCOc1ccc2cc(C(=O)NC[C@H](NS(=O)(=O)c3ccccc3)C(=O)O)cc(=O)n2c1. The van der Waals surface area contributed by atoms with Gasteiger partial charge in [-0.25, -0.2) is 26.4 Å². The predicted octanol–water partition coefficient (Wildman–Crippen LogP) is 1.47. The third-order valence-electron chi connectivity index (χ3n) is 16.7. The standard InChI is InChI=1S/C22H23BN4O6S.C21H22N4O7S.C13H11BN2O5.C13H13BN2O3.C10H9NO2.C2HF3O2/c1-15(26-34(31,32)19-5-3-2-4-6-19)13-25-21(29)16-11-17-7-8-18(14-27(17)20(28)12-16)33-10-9-24-22(23)30;22-8-9-32-16-7-6-15-10-14(11-19(26)25(15)13-16)20(27)23-12-18(21(28)29)24-33(30,31)17-4-2-1-3-5-17;14-13(20)15-3-4-21-10-2-1-9-5-8(12(18)19)6-11(17)16(9)7-10;1-9-6-10-2-3-11(8-16(10)12(17)7-9)19-5-4-15-13(14)18;1-7-4-8-2-3-9(12)6-11(8)10(13)5-7;3-2(4,5)1(6)7/h2-8,11-12,14-15,26H,9-10,13H2,1H3,(H,24,30)(H,25,29);1-7,10-11,13,18,24H,8-9,12,22H2,(H,23,27)(H,28,29);1-2,5-7H,3-4H2,(H,15,20)(H,18,19);2-3,6-8H,4-5H2,1H3,(H,15,18);2-6,12H,1H3;(H,6,7)/t15-;18-;;;;/m10..../s1. The van der Waals surface area contributed by atoms with Gasteiger partial charge in [-0.15, -0.1) is 0 Å². The maximum absolute atomic E-state index is 12.6. The molecule has 13 N–H and O–H groups in total. The number of halogens is 3. The Morgan fingerprint density at radius 2 is 0.756 bits per heavy atom. The highest BCUT2D eigenvalue weighted by Crippen LogP contribution is 2.20. The molecule has 0 saturated heterocycles. The second kappa shape index (κ2) is 46.6. The molecule has 2 aromatic carbocycles. The lowest BCUT2D eigenvalue weighted by Gasteiger charge is -2.16. The van der Waals surface area contributed by atoms with Gasteiger partial charge in [-0.3, -0.25) is 74.7 Å². The molecule has 5 amide bonds. The first-order chi connectivity index (χ1) is 60.0. The van der Waals surface area contributed by atoms with Crippen LogP contribution in [0, 0.1) is 13.8 Å². The summed E-state index contributed by atoms with van der Waals surface area (Å²) in [5.74, 6) is -6.82. The Morgan fingerprint density at radius 3 is 1.10 bits per heavy atom. The minimum absolute atomic E-state index is 0.00137. The van der Waals surface area contributed by atoms with Crippen LogP contribution in [0.5, 0.6) is 28.7 Å². The smallest absolute Gasteiger partial charge is 0.430 e. The van der Waals surface area contributed by atoms with Crippen LogP contribution in [0.1, 0.15) is 49.1 Å². The Morgan fingerprint density at radius 1 is 0.441 bits per heavy atom. The number of carboxylic acids is 3. The van der Waals surface area contributed by atoms with Gasteiger partial charge in [0.1, 0.15) is 73.7 Å². The molecule has 0 unspecified atom stereocenters. The van der Waals surface area contributed by atoms with Crippen molar-refractivity contribution in [3.8, 4) is 28.7 Å². The molecule has 12 rings (SSSR count). The van der Waals surface area contributed by atoms with E-state index in [2.05, 4.69) is 41.8 Å². The number of quaternary nitrogens is 1. The van der Waals surface area contributed by atoms with Crippen LogP contribution < -0.4 is 93.6 Å². The van der Waals surface area contributed by atoms with E-state index in [9.17, 15) is 92.6 Å². The summed E-state index contributed by atoms with van der Waals surface area (Å²) in [7, 11) is 6.98. The zero-order valence-electron chi connectivity index (χ0n) is 67.4. The second-order valence-corrected chi connectivity index (χ2v) is 30.0. The number of carboxylic acid groups (broad SMARTS) is 3. The highest BCUT2D eigenvalue weighted by atomic mass is 32.2. The van der Waals surface area contributed by atoms with Crippen molar-refractivity contribution < 1.29 is 113 Å². The highest BCUT2D eigenvalue weighted by molar-refractivity contribution is 7.89. The zero-order valence-corrected chi connectivity index (χ0v) is 69.0. The number of carbonyl (C=O) groups is 8. The minimum atomic E-state index is -5.19. The summed E-state index contributed by atoms with van der Waals surface area (Å²) in [5, 5.41) is 48.4. The lowest BCUT2D eigenvalue weighted by Crippen LogP contribution is -2.52. The summed E-state index contributed by atoms with van der Waals surface area (Å²) < 4.78 is 114. The van der Waals surface area contributed by atoms with E-state index in [1.165, 1.54) is 114 Å². The van der Waals surface area contributed by atoms with Gasteiger partial charge in [0.15, 0.2) is 41.0 Å². The van der Waals surface area contributed by atoms with Gasteiger partial charge < -0.3 is 76.5 Å². The highest BCUT2D eigenvalue weighted by Gasteiger charge is 2.29. The fourth-order valence-corrected chi connectivity index (χ4v) is 13.4. The van der Waals surface area contributed by atoms with Crippen molar-refractivity contribution in [3.05, 3.63) is 293 Å². The number of aromatic carboxylic acids is 1. The van der Waals surface area contributed by atoms with E-state index in [1.807, 2.05) is 32.0 Å². The lowest BCUT2D eigenvalue weighted by molar-refractivity contribution is -0.370. The van der Waals surface area contributed by atoms with Gasteiger partial charge in [-0.1, -0.05) is 36.4 Å². The zero-order chi connectivity index (χ0) is 93.5. The van der Waals surface area contributed by atoms with Crippen LogP contribution in [0.3, 0.4) is 0 Å². The average Bonchev–Trinajstić information content (AvgIpc) is 0.803. The number of nitrogens with one attached hydrogen (secondary N) is 7. The number of aliphatic carboxylic acids is 2. The molecule has 12 aromatic rings. The number of carbonyl (C=O) groups excluding carboxylic acids is 6. The molecule has 0 aliphatic rings. The van der Waals surface area contributed by atoms with Crippen LogP contribution in [0.15, 0.2) is 247 Å². The van der Waals surface area contributed by atoms with Crippen LogP contribution >= 0.6 is 0 Å². The molecule has 38 nitrogen and oxygen atoms in total. The number of aromatic hydroxyl groups is 1. The fraction of sp³-hybridized carbons (Fsp3) is 0.198. The third kappa shape index (κ3) is 31.4. The number of sulfonamides is 2. The van der Waals surface area contributed by atoms with Gasteiger partial charge in [-0.2, -0.15) is 17.9 Å². The first-order valence-corrected chi connectivity index (χ1v) is 40.3. The number of pyridine rings is 10. The van der Waals surface area contributed by atoms with Crippen molar-refractivity contribution in [1.29, 1.82) is 0 Å². The maximum atomic E-state index is 12.6. The van der Waals surface area contributed by atoms with Crippen molar-refractivity contribution in [2.45, 2.75) is 48.8 Å². The molecular weight excluding hydrogens is 1710 g/mol. The van der Waals surface area contributed by atoms with Gasteiger partial charge in [-0.05, 0) is 147 Å². The van der Waals surface area contributed by atoms with Crippen LogP contribution in [0.25, 0.3) is 27.6 Å². The summed E-state index contributed by atoms with van der Waals surface area (Å²) >= 11 is 0. The monoisotopic (exact) mass is 1790 g/mol. The molecule has 0 saturated carbocycles. The Balaban J connectivity index is 0.000000220. The van der Waals surface area contributed by atoms with Gasteiger partial charge in [0.25, 0.3) is 39.6 Å². The van der Waals surface area contributed by atoms with E-state index in [0.717, 1.165) is 34.3 Å². The Bertz CT molecular complexity index is 6570. The molecule has 46 heteroatoms. The Kier molecular flexibility index (Phi) is 36.4. The quantitative estimate of drug-likeness (QED) is 0.0233. The number of aryl methyl sites for hydroxylation is 2. The number of alkyl halides is 3. The largest absolute Gasteiger partial charge is 0.542 e. The van der Waals surface area contributed by atoms with Crippen molar-refractivity contribution in [3.63, 3.8) is 0 Å². The molecule has 6 radical (unpaired) electrons. The molecule has 10 aromatic heterocycles. The number of nitrogens with zero attached hydrogens (tertiary/aromatic N) is 5. The normalized spacial score (nSPS) is 11.4. The summed E-state index contributed by atoms with van der Waals surface area (Å²) in [5.41, 5.74) is 6.92. The van der Waals surface area contributed by atoms with Crippen molar-refractivity contribution >= 4 is 118 Å². The van der Waals surface area contributed by atoms with Crippen molar-refractivity contribution in [2.24, 2.45) is 0 Å². The van der Waals surface area contributed by atoms with Crippen molar-refractivity contribution in [2.75, 3.05) is 65.7 Å². The van der Waals surface area contributed by atoms with Crippen LogP contribution in [-0.4, -0.2) is 209 Å². The number of hydrogen-bond acceptors (Lipinski definition) is 23. The number of amides is 5. The molecule has 0 spiro atoms. The number of ether oxygens (including phenoxy) is 4. The summed E-state index contributed by atoms with van der Waals surface area (Å²) in [4.78, 5) is 148. The summed E-state index contributed by atoms with van der Waals surface area (Å²) in [6.07, 6.45) is 2.27. The molecule has 127 heavy (non-hydrogen) atoms. The number of benzene rings is 2. The molecule has 660 valence electrons. The summed E-state index contributed by atoms with van der Waals surface area (Å²) in [6.45, 7) is 7.21. The van der Waals surface area contributed by atoms with E-state index >= 15 is 0 Å². The van der Waals surface area contributed by atoms with E-state index in [0.29, 0.717) is 59.2 Å². The van der Waals surface area contributed by atoms with E-state index in [-0.39, 0.29) is 82.8 Å².